The first kappa shape index (κ1) is 30.2. The molecular formula is C25H29F4N3O6S. The molecule has 2 aromatic carbocycles. The van der Waals surface area contributed by atoms with E-state index in [9.17, 15) is 35.9 Å². The average molecular weight is 576 g/mol. The number of piperazine rings is 1. The molecule has 1 heterocycles. The third kappa shape index (κ3) is 8.30. The zero-order valence-electron chi connectivity index (χ0n) is 20.8. The lowest BCUT2D eigenvalue weighted by Crippen LogP contribution is -2.51. The normalized spacial score (nSPS) is 17.2. The van der Waals surface area contributed by atoms with Crippen molar-refractivity contribution in [3.05, 3.63) is 53.8 Å². The summed E-state index contributed by atoms with van der Waals surface area (Å²) in [7, 11) is -4.01. The second-order valence-electron chi connectivity index (χ2n) is 9.21. The van der Waals surface area contributed by atoms with Crippen LogP contribution >= 0.6 is 0 Å². The minimum absolute atomic E-state index is 0.00797. The molecule has 1 aliphatic carbocycles. The molecule has 3 N–H and O–H groups in total. The highest BCUT2D eigenvalue weighted by Gasteiger charge is 2.38. The van der Waals surface area contributed by atoms with E-state index in [1.807, 2.05) is 0 Å². The first-order valence-corrected chi connectivity index (χ1v) is 13.7. The number of nitrogens with zero attached hydrogens (tertiary/aromatic N) is 2. The van der Waals surface area contributed by atoms with Crippen LogP contribution in [-0.4, -0.2) is 73.9 Å². The van der Waals surface area contributed by atoms with Gasteiger partial charge >= 0.3 is 18.1 Å². The fourth-order valence-corrected chi connectivity index (χ4v) is 5.68. The smallest absolute Gasteiger partial charge is 0.478 e. The van der Waals surface area contributed by atoms with Gasteiger partial charge in [0.1, 0.15) is 5.82 Å². The molecule has 4 rings (SSSR count). The van der Waals surface area contributed by atoms with Crippen LogP contribution < -0.4 is 9.62 Å². The van der Waals surface area contributed by atoms with E-state index in [4.69, 9.17) is 9.90 Å². The van der Waals surface area contributed by atoms with Crippen molar-refractivity contribution in [1.82, 2.24) is 4.90 Å². The number of aliphatic carboxylic acids is 1. The van der Waals surface area contributed by atoms with Crippen LogP contribution in [0.25, 0.3) is 0 Å². The Morgan fingerprint density at radius 1 is 0.897 bits per heavy atom. The summed E-state index contributed by atoms with van der Waals surface area (Å²) in [6.45, 7) is 3.23. The van der Waals surface area contributed by atoms with Crippen LogP contribution in [0.3, 0.4) is 0 Å². The second kappa shape index (κ2) is 12.6. The number of rotatable bonds is 6. The van der Waals surface area contributed by atoms with E-state index < -0.39 is 34.0 Å². The van der Waals surface area contributed by atoms with Gasteiger partial charge in [-0.25, -0.2) is 22.4 Å². The molecule has 0 amide bonds. The Morgan fingerprint density at radius 3 is 1.97 bits per heavy atom. The third-order valence-corrected chi connectivity index (χ3v) is 7.98. The summed E-state index contributed by atoms with van der Waals surface area (Å²) in [6.07, 6.45) is 1.24. The number of carbonyl (C=O) groups is 2. The lowest BCUT2D eigenvalue weighted by molar-refractivity contribution is -0.192. The van der Waals surface area contributed by atoms with Gasteiger partial charge in [-0.3, -0.25) is 9.62 Å². The van der Waals surface area contributed by atoms with Gasteiger partial charge in [-0.15, -0.1) is 0 Å². The number of alkyl halides is 3. The number of anilines is 2. The topological polar surface area (TPSA) is 127 Å². The van der Waals surface area contributed by atoms with Gasteiger partial charge in [0.05, 0.1) is 21.8 Å². The molecular weight excluding hydrogens is 546 g/mol. The number of hydrogen-bond acceptors (Lipinski definition) is 6. The first-order valence-electron chi connectivity index (χ1n) is 12.2. The molecule has 14 heteroatoms. The fraction of sp³-hybridized carbons (Fsp3) is 0.440. The number of benzene rings is 2. The van der Waals surface area contributed by atoms with Crippen molar-refractivity contribution in [2.45, 2.75) is 49.2 Å². The Hall–Kier alpha value is -3.39. The zero-order chi connectivity index (χ0) is 28.8. The molecule has 1 saturated carbocycles. The molecule has 9 nitrogen and oxygen atoms in total. The van der Waals surface area contributed by atoms with Gasteiger partial charge < -0.3 is 15.1 Å². The van der Waals surface area contributed by atoms with E-state index >= 15 is 0 Å². The van der Waals surface area contributed by atoms with E-state index in [2.05, 4.69) is 14.5 Å². The largest absolute Gasteiger partial charge is 0.490 e. The Balaban J connectivity index is 0.000000532. The van der Waals surface area contributed by atoms with Gasteiger partial charge in [0.2, 0.25) is 0 Å². The van der Waals surface area contributed by atoms with Crippen LogP contribution in [0.15, 0.2) is 47.4 Å². The van der Waals surface area contributed by atoms with Gasteiger partial charge in [-0.05, 0) is 55.3 Å². The van der Waals surface area contributed by atoms with Crippen LogP contribution in [0.4, 0.5) is 28.9 Å². The van der Waals surface area contributed by atoms with Crippen molar-refractivity contribution in [2.24, 2.45) is 0 Å². The summed E-state index contributed by atoms with van der Waals surface area (Å²) in [4.78, 5) is 24.9. The minimum atomic E-state index is -5.08. The lowest BCUT2D eigenvalue weighted by atomic mass is 9.94. The molecule has 0 bridgehead atoms. The molecule has 0 atom stereocenters. The van der Waals surface area contributed by atoms with E-state index in [1.165, 1.54) is 56.4 Å². The van der Waals surface area contributed by atoms with Gasteiger partial charge in [-0.2, -0.15) is 13.2 Å². The average Bonchev–Trinajstić information content (AvgIpc) is 2.89. The molecule has 0 aromatic heterocycles. The van der Waals surface area contributed by atoms with Crippen molar-refractivity contribution in [3.63, 3.8) is 0 Å². The molecule has 0 radical (unpaired) electrons. The Labute approximate surface area is 223 Å². The summed E-state index contributed by atoms with van der Waals surface area (Å²) >= 11 is 0. The summed E-state index contributed by atoms with van der Waals surface area (Å²) in [5.41, 5.74) is 0.843. The molecule has 39 heavy (non-hydrogen) atoms. The molecule has 2 aromatic rings. The lowest BCUT2D eigenvalue weighted by Gasteiger charge is -2.42. The number of aromatic carboxylic acids is 1. The molecule has 0 spiro atoms. The molecule has 0 unspecified atom stereocenters. The van der Waals surface area contributed by atoms with E-state index in [-0.39, 0.29) is 16.1 Å². The number of carboxylic acids is 2. The standard InChI is InChI=1S/C23H28FN3O4S.C2HF3O2/c24-18-7-9-20(10-8-18)32(30,31)25-21-16-17(23(28)29)6-11-22(21)27-14-12-26(13-15-27)19-4-2-1-3-5-19;3-2(4,5)1(6)7/h6-11,16,19,25H,1-5,12-15H2,(H,28,29);(H,6,7). The van der Waals surface area contributed by atoms with Gasteiger partial charge in [0.25, 0.3) is 10.0 Å². The number of sulfonamides is 1. The molecule has 214 valence electrons. The van der Waals surface area contributed by atoms with Crippen molar-refractivity contribution < 1.29 is 45.8 Å². The highest BCUT2D eigenvalue weighted by Crippen LogP contribution is 2.32. The van der Waals surface area contributed by atoms with Crippen LogP contribution in [0.2, 0.25) is 0 Å². The van der Waals surface area contributed by atoms with Crippen LogP contribution in [0, 0.1) is 5.82 Å². The zero-order valence-corrected chi connectivity index (χ0v) is 21.6. The Morgan fingerprint density at radius 2 is 1.46 bits per heavy atom. The molecule has 2 aliphatic rings. The summed E-state index contributed by atoms with van der Waals surface area (Å²) in [6, 6.07) is 9.62. The maximum Gasteiger partial charge on any atom is 0.490 e. The number of halogens is 4. The van der Waals surface area contributed by atoms with Crippen LogP contribution in [-0.2, 0) is 14.8 Å². The van der Waals surface area contributed by atoms with Crippen molar-refractivity contribution in [2.75, 3.05) is 35.8 Å². The maximum atomic E-state index is 13.2. The number of nitrogens with one attached hydrogen (secondary N) is 1. The molecule has 1 aliphatic heterocycles. The van der Waals surface area contributed by atoms with Gasteiger partial charge in [0.15, 0.2) is 0 Å². The second-order valence-corrected chi connectivity index (χ2v) is 10.9. The van der Waals surface area contributed by atoms with Crippen LogP contribution in [0.5, 0.6) is 0 Å². The highest BCUT2D eigenvalue weighted by atomic mass is 32.2. The summed E-state index contributed by atoms with van der Waals surface area (Å²) in [5.74, 6) is -4.43. The summed E-state index contributed by atoms with van der Waals surface area (Å²) in [5, 5.41) is 16.5. The van der Waals surface area contributed by atoms with E-state index in [1.54, 1.807) is 6.07 Å². The monoisotopic (exact) mass is 575 g/mol. The quantitative estimate of drug-likeness (QED) is 0.433. The number of carboxylic acid groups (broad SMARTS) is 2. The van der Waals surface area contributed by atoms with Crippen molar-refractivity contribution in [1.29, 1.82) is 0 Å². The highest BCUT2D eigenvalue weighted by molar-refractivity contribution is 7.92. The third-order valence-electron chi connectivity index (χ3n) is 6.60. The Bertz CT molecular complexity index is 1260. The maximum absolute atomic E-state index is 13.2. The first-order chi connectivity index (χ1) is 18.3. The van der Waals surface area contributed by atoms with Gasteiger partial charge in [0, 0.05) is 32.2 Å². The minimum Gasteiger partial charge on any atom is -0.478 e. The van der Waals surface area contributed by atoms with Crippen LogP contribution in [0.1, 0.15) is 42.5 Å². The predicted molar refractivity (Wildman–Crippen MR) is 135 cm³/mol. The number of hydrogen-bond donors (Lipinski definition) is 3. The predicted octanol–water partition coefficient (Wildman–Crippen LogP) is 4.41. The van der Waals surface area contributed by atoms with E-state index in [0.717, 1.165) is 38.3 Å². The van der Waals surface area contributed by atoms with E-state index in [0.29, 0.717) is 11.7 Å². The Kier molecular flexibility index (Phi) is 9.78. The van der Waals surface area contributed by atoms with Crippen molar-refractivity contribution >= 4 is 33.3 Å². The SMILES string of the molecule is O=C(O)C(F)(F)F.O=C(O)c1ccc(N2CCN(C3CCCCC3)CC2)c(NS(=O)(=O)c2ccc(F)cc2)c1. The fourth-order valence-electron chi connectivity index (χ4n) is 4.62. The molecule has 2 fully saturated rings. The van der Waals surface area contributed by atoms with Gasteiger partial charge in [-0.1, -0.05) is 19.3 Å². The summed E-state index contributed by atoms with van der Waals surface area (Å²) < 4.78 is 73.2. The molecule has 1 saturated heterocycles. The van der Waals surface area contributed by atoms with Crippen molar-refractivity contribution in [3.8, 4) is 0 Å².